The third-order valence-corrected chi connectivity index (χ3v) is 5.75. The number of benzene rings is 2. The molecule has 0 saturated carbocycles. The number of carbonyl (C=O) groups is 1. The highest BCUT2D eigenvalue weighted by Gasteiger charge is 2.53. The maximum absolute atomic E-state index is 12.8. The molecule has 4 heteroatoms. The molecule has 2 atom stereocenters. The van der Waals surface area contributed by atoms with E-state index in [0.29, 0.717) is 5.56 Å². The first-order chi connectivity index (χ1) is 12.3. The van der Waals surface area contributed by atoms with E-state index in [0.717, 1.165) is 25.9 Å². The highest BCUT2D eigenvalue weighted by atomic mass is 16.5. The molecule has 2 aliphatic rings. The highest BCUT2D eigenvalue weighted by molar-refractivity contribution is 5.94. The Morgan fingerprint density at radius 2 is 1.76 bits per heavy atom. The number of rotatable bonds is 3. The maximum atomic E-state index is 12.8. The van der Waals surface area contributed by atoms with Gasteiger partial charge in [-0.1, -0.05) is 42.5 Å². The number of fused-ring (bicyclic) bond motifs is 2. The zero-order chi connectivity index (χ0) is 17.3. The van der Waals surface area contributed by atoms with Crippen molar-refractivity contribution in [1.82, 2.24) is 10.6 Å². The average Bonchev–Trinajstić information content (AvgIpc) is 2.92. The Morgan fingerprint density at radius 1 is 1.08 bits per heavy atom. The summed E-state index contributed by atoms with van der Waals surface area (Å²) in [5.41, 5.74) is 3.19. The number of ether oxygens (including phenoxy) is 1. The summed E-state index contributed by atoms with van der Waals surface area (Å²) in [7, 11) is 1.77. The van der Waals surface area contributed by atoms with Gasteiger partial charge in [0.2, 0.25) is 0 Å². The Kier molecular flexibility index (Phi) is 4.32. The van der Waals surface area contributed by atoms with Crippen LogP contribution in [0.2, 0.25) is 0 Å². The lowest BCUT2D eigenvalue weighted by Gasteiger charge is -2.40. The molecule has 4 nitrogen and oxygen atoms in total. The van der Waals surface area contributed by atoms with Crippen LogP contribution in [0.15, 0.2) is 54.6 Å². The molecular weight excluding hydrogens is 312 g/mol. The molecular formula is C21H24N2O2. The lowest BCUT2D eigenvalue weighted by Crippen LogP contribution is -2.49. The number of carbonyl (C=O) groups excluding carboxylic acids is 1. The summed E-state index contributed by atoms with van der Waals surface area (Å²) in [6.07, 6.45) is 2.01. The lowest BCUT2D eigenvalue weighted by atomic mass is 9.72. The maximum Gasteiger partial charge on any atom is 0.251 e. The quantitative estimate of drug-likeness (QED) is 0.906. The molecule has 0 unspecified atom stereocenters. The number of hydrogen-bond acceptors (Lipinski definition) is 3. The van der Waals surface area contributed by atoms with Crippen LogP contribution in [0.4, 0.5) is 0 Å². The second kappa shape index (κ2) is 6.62. The molecule has 1 amide bonds. The van der Waals surface area contributed by atoms with Crippen LogP contribution in [-0.4, -0.2) is 32.2 Å². The smallest absolute Gasteiger partial charge is 0.251 e. The largest absolute Gasteiger partial charge is 0.378 e. The van der Waals surface area contributed by atoms with E-state index in [1.807, 2.05) is 36.4 Å². The van der Waals surface area contributed by atoms with E-state index < -0.39 is 0 Å². The summed E-state index contributed by atoms with van der Waals surface area (Å²) in [4.78, 5) is 12.8. The molecule has 0 bridgehead atoms. The van der Waals surface area contributed by atoms with Crippen molar-refractivity contribution in [3.63, 3.8) is 0 Å². The van der Waals surface area contributed by atoms with E-state index in [1.54, 1.807) is 7.11 Å². The van der Waals surface area contributed by atoms with Gasteiger partial charge >= 0.3 is 0 Å². The molecule has 1 heterocycles. The second-order valence-electron chi connectivity index (χ2n) is 6.97. The molecule has 2 aromatic carbocycles. The van der Waals surface area contributed by atoms with Gasteiger partial charge in [0.1, 0.15) is 0 Å². The molecule has 1 aliphatic heterocycles. The van der Waals surface area contributed by atoms with Crippen LogP contribution in [0, 0.1) is 0 Å². The van der Waals surface area contributed by atoms with Gasteiger partial charge < -0.3 is 15.4 Å². The molecule has 1 spiro atoms. The first kappa shape index (κ1) is 16.3. The minimum atomic E-state index is -0.119. The van der Waals surface area contributed by atoms with Gasteiger partial charge in [-0.15, -0.1) is 0 Å². The monoisotopic (exact) mass is 336 g/mol. The fraction of sp³-hybridized carbons (Fsp3) is 0.381. The summed E-state index contributed by atoms with van der Waals surface area (Å²) in [5.74, 6) is -0.0477. The summed E-state index contributed by atoms with van der Waals surface area (Å²) in [6.45, 7) is 1.96. The van der Waals surface area contributed by atoms with E-state index in [1.165, 1.54) is 11.1 Å². The van der Waals surface area contributed by atoms with Gasteiger partial charge in [0.05, 0.1) is 12.1 Å². The van der Waals surface area contributed by atoms with Crippen LogP contribution in [0.3, 0.4) is 0 Å². The van der Waals surface area contributed by atoms with Crippen LogP contribution in [0.5, 0.6) is 0 Å². The molecule has 25 heavy (non-hydrogen) atoms. The van der Waals surface area contributed by atoms with Crippen molar-refractivity contribution in [3.05, 3.63) is 71.3 Å². The normalized spacial score (nSPS) is 24.0. The van der Waals surface area contributed by atoms with Gasteiger partial charge in [0.15, 0.2) is 0 Å². The number of methoxy groups -OCH3 is 1. The van der Waals surface area contributed by atoms with Crippen molar-refractivity contribution in [1.29, 1.82) is 0 Å². The van der Waals surface area contributed by atoms with Gasteiger partial charge in [-0.2, -0.15) is 0 Å². The molecule has 1 fully saturated rings. The van der Waals surface area contributed by atoms with Gasteiger partial charge in [-0.05, 0) is 49.2 Å². The lowest BCUT2D eigenvalue weighted by molar-refractivity contribution is 0.00397. The first-order valence-corrected chi connectivity index (χ1v) is 8.95. The first-order valence-electron chi connectivity index (χ1n) is 8.95. The Balaban J connectivity index is 1.71. The number of piperidine rings is 1. The minimum Gasteiger partial charge on any atom is -0.378 e. The van der Waals surface area contributed by atoms with Crippen LogP contribution in [0.25, 0.3) is 0 Å². The van der Waals surface area contributed by atoms with Crippen molar-refractivity contribution in [2.75, 3.05) is 20.2 Å². The minimum absolute atomic E-state index is 0.0226. The number of amides is 1. The van der Waals surface area contributed by atoms with Gasteiger partial charge in [0.25, 0.3) is 5.91 Å². The van der Waals surface area contributed by atoms with E-state index in [4.69, 9.17) is 4.74 Å². The van der Waals surface area contributed by atoms with E-state index in [2.05, 4.69) is 28.8 Å². The van der Waals surface area contributed by atoms with E-state index in [-0.39, 0.29) is 23.5 Å². The number of nitrogens with one attached hydrogen (secondary N) is 2. The van der Waals surface area contributed by atoms with Crippen molar-refractivity contribution < 1.29 is 9.53 Å². The topological polar surface area (TPSA) is 50.4 Å². The van der Waals surface area contributed by atoms with Crippen molar-refractivity contribution in [3.8, 4) is 0 Å². The highest BCUT2D eigenvalue weighted by Crippen LogP contribution is 2.51. The van der Waals surface area contributed by atoms with Gasteiger partial charge in [-0.25, -0.2) is 0 Å². The van der Waals surface area contributed by atoms with Gasteiger partial charge in [-0.3, -0.25) is 4.79 Å². The predicted octanol–water partition coefficient (Wildman–Crippen LogP) is 2.81. The SMILES string of the molecule is CO[C@@H]1[C@@H](NC(=O)c2ccccc2)c2ccccc2C12CCNCC2. The van der Waals surface area contributed by atoms with Crippen LogP contribution >= 0.6 is 0 Å². The Bertz CT molecular complexity index is 754. The standard InChI is InChI=1S/C21H24N2O2/c1-25-19-18(23-20(24)15-7-3-2-4-8-15)16-9-5-6-10-17(16)21(19)11-13-22-14-12-21/h2-10,18-19,22H,11-14H2,1H3,(H,23,24)/t18-,19+/m0/s1. The van der Waals surface area contributed by atoms with Crippen molar-refractivity contribution in [2.24, 2.45) is 0 Å². The Morgan fingerprint density at radius 3 is 2.48 bits per heavy atom. The molecule has 130 valence electrons. The Labute approximate surface area is 148 Å². The van der Waals surface area contributed by atoms with Crippen molar-refractivity contribution in [2.45, 2.75) is 30.4 Å². The molecule has 1 saturated heterocycles. The third-order valence-electron chi connectivity index (χ3n) is 5.75. The molecule has 0 aromatic heterocycles. The molecule has 0 radical (unpaired) electrons. The van der Waals surface area contributed by atoms with E-state index in [9.17, 15) is 4.79 Å². The average molecular weight is 336 g/mol. The summed E-state index contributed by atoms with van der Waals surface area (Å²) < 4.78 is 5.99. The summed E-state index contributed by atoms with van der Waals surface area (Å²) in [6, 6.07) is 17.8. The molecule has 1 aliphatic carbocycles. The van der Waals surface area contributed by atoms with Crippen LogP contribution in [-0.2, 0) is 10.2 Å². The Hall–Kier alpha value is -2.17. The summed E-state index contributed by atoms with van der Waals surface area (Å²) in [5, 5.41) is 6.69. The van der Waals surface area contributed by atoms with Gasteiger partial charge in [0, 0.05) is 18.1 Å². The predicted molar refractivity (Wildman–Crippen MR) is 97.7 cm³/mol. The summed E-state index contributed by atoms with van der Waals surface area (Å²) >= 11 is 0. The fourth-order valence-electron chi connectivity index (χ4n) is 4.61. The zero-order valence-electron chi connectivity index (χ0n) is 14.5. The van der Waals surface area contributed by atoms with Crippen molar-refractivity contribution >= 4 is 5.91 Å². The molecule has 2 aromatic rings. The van der Waals surface area contributed by atoms with Crippen LogP contribution < -0.4 is 10.6 Å². The number of hydrogen-bond donors (Lipinski definition) is 2. The fourth-order valence-corrected chi connectivity index (χ4v) is 4.61. The van der Waals surface area contributed by atoms with Crippen LogP contribution in [0.1, 0.15) is 40.4 Å². The molecule has 2 N–H and O–H groups in total. The molecule has 4 rings (SSSR count). The van der Waals surface area contributed by atoms with E-state index >= 15 is 0 Å². The second-order valence-corrected chi connectivity index (χ2v) is 6.97. The third kappa shape index (κ3) is 2.66. The zero-order valence-corrected chi connectivity index (χ0v) is 14.5.